The third-order valence-electron chi connectivity index (χ3n) is 4.75. The number of nitrogens with one attached hydrogen (secondary N) is 1. The smallest absolute Gasteiger partial charge is 0.256 e. The van der Waals surface area contributed by atoms with E-state index >= 15 is 0 Å². The summed E-state index contributed by atoms with van der Waals surface area (Å²) in [6, 6.07) is 17.6. The third kappa shape index (κ3) is 4.60. The number of methoxy groups -OCH3 is 2. The van der Waals surface area contributed by atoms with Crippen molar-refractivity contribution in [3.63, 3.8) is 0 Å². The van der Waals surface area contributed by atoms with E-state index in [1.165, 1.54) is 6.20 Å². The number of rotatable bonds is 7. The van der Waals surface area contributed by atoms with Crippen LogP contribution in [0.3, 0.4) is 0 Å². The molecular weight excluding hydrogens is 410 g/mol. The average molecular weight is 431 g/mol. The van der Waals surface area contributed by atoms with E-state index in [2.05, 4.69) is 15.3 Å². The van der Waals surface area contributed by atoms with Crippen LogP contribution in [0.1, 0.15) is 16.2 Å². The highest BCUT2D eigenvalue weighted by molar-refractivity contribution is 6.13. The van der Waals surface area contributed by atoms with Crippen molar-refractivity contribution in [1.82, 2.24) is 9.97 Å². The number of carbonyl (C=O) groups excluding carboxylic acids is 1. The van der Waals surface area contributed by atoms with Gasteiger partial charge < -0.3 is 24.6 Å². The van der Waals surface area contributed by atoms with E-state index in [-0.39, 0.29) is 18.3 Å². The van der Waals surface area contributed by atoms with Crippen LogP contribution in [0.25, 0.3) is 10.8 Å². The lowest BCUT2D eigenvalue weighted by Gasteiger charge is -2.12. The summed E-state index contributed by atoms with van der Waals surface area (Å²) < 4.78 is 16.3. The van der Waals surface area contributed by atoms with E-state index < -0.39 is 0 Å². The van der Waals surface area contributed by atoms with Crippen molar-refractivity contribution in [2.75, 3.05) is 19.5 Å². The van der Waals surface area contributed by atoms with Crippen molar-refractivity contribution >= 4 is 22.4 Å². The summed E-state index contributed by atoms with van der Waals surface area (Å²) in [4.78, 5) is 21.1. The molecule has 162 valence electrons. The quantitative estimate of drug-likeness (QED) is 0.452. The lowest BCUT2D eigenvalue weighted by Crippen LogP contribution is -2.12. The van der Waals surface area contributed by atoms with Crippen LogP contribution in [0.2, 0.25) is 0 Å². The van der Waals surface area contributed by atoms with Gasteiger partial charge in [-0.3, -0.25) is 4.79 Å². The summed E-state index contributed by atoms with van der Waals surface area (Å²) in [6.45, 7) is -0.271. The summed E-state index contributed by atoms with van der Waals surface area (Å²) in [5.41, 5.74) is 1.08. The number of hydrogen-bond donors (Lipinski definition) is 2. The molecule has 0 saturated heterocycles. The molecule has 0 aliphatic carbocycles. The number of nitrogens with zero attached hydrogens (tertiary/aromatic N) is 2. The number of ether oxygens (including phenoxy) is 3. The van der Waals surface area contributed by atoms with E-state index in [1.807, 2.05) is 24.3 Å². The Hall–Kier alpha value is -4.17. The summed E-state index contributed by atoms with van der Waals surface area (Å²) in [7, 11) is 3.10. The van der Waals surface area contributed by atoms with E-state index in [1.54, 1.807) is 50.6 Å². The van der Waals surface area contributed by atoms with Gasteiger partial charge in [-0.05, 0) is 35.0 Å². The Labute approximate surface area is 184 Å². The topological polar surface area (TPSA) is 103 Å². The number of amides is 1. The van der Waals surface area contributed by atoms with Gasteiger partial charge in [-0.15, -0.1) is 0 Å². The van der Waals surface area contributed by atoms with Crippen molar-refractivity contribution in [2.24, 2.45) is 0 Å². The molecule has 0 unspecified atom stereocenters. The van der Waals surface area contributed by atoms with Gasteiger partial charge in [0.25, 0.3) is 5.91 Å². The molecule has 1 aromatic heterocycles. The van der Waals surface area contributed by atoms with Gasteiger partial charge in [-0.1, -0.05) is 12.1 Å². The third-order valence-corrected chi connectivity index (χ3v) is 4.75. The van der Waals surface area contributed by atoms with Gasteiger partial charge >= 0.3 is 0 Å². The highest BCUT2D eigenvalue weighted by Gasteiger charge is 2.13. The lowest BCUT2D eigenvalue weighted by molar-refractivity contribution is 0.102. The first-order valence-electron chi connectivity index (χ1n) is 9.77. The van der Waals surface area contributed by atoms with Crippen molar-refractivity contribution < 1.29 is 24.1 Å². The summed E-state index contributed by atoms with van der Waals surface area (Å²) in [5, 5.41) is 13.7. The molecule has 8 nitrogen and oxygen atoms in total. The maximum Gasteiger partial charge on any atom is 0.256 e. The van der Waals surface area contributed by atoms with Gasteiger partial charge in [-0.25, -0.2) is 4.98 Å². The molecule has 4 aromatic rings. The lowest BCUT2D eigenvalue weighted by atomic mass is 10.0. The van der Waals surface area contributed by atoms with Crippen LogP contribution in [0.5, 0.6) is 23.1 Å². The summed E-state index contributed by atoms with van der Waals surface area (Å²) in [5.74, 6) is 2.04. The van der Waals surface area contributed by atoms with Gasteiger partial charge in [0, 0.05) is 41.7 Å². The SMILES string of the molecule is COc1cc(NC(=O)c2cccc3cc(Oc4ccnc(CO)n4)ccc23)cc(OC)c1. The molecule has 0 atom stereocenters. The number of benzene rings is 3. The molecule has 0 saturated carbocycles. The molecule has 0 radical (unpaired) electrons. The molecular formula is C24H21N3O5. The normalized spacial score (nSPS) is 10.6. The highest BCUT2D eigenvalue weighted by atomic mass is 16.5. The number of anilines is 1. The number of carbonyl (C=O) groups is 1. The minimum atomic E-state index is -0.271. The van der Waals surface area contributed by atoms with Crippen LogP contribution in [-0.2, 0) is 6.61 Å². The maximum absolute atomic E-state index is 13.0. The average Bonchev–Trinajstić information content (AvgIpc) is 2.83. The number of aromatic nitrogens is 2. The van der Waals surface area contributed by atoms with Gasteiger partial charge in [0.2, 0.25) is 5.88 Å². The van der Waals surface area contributed by atoms with Crippen LogP contribution in [0, 0.1) is 0 Å². The molecule has 0 fully saturated rings. The first-order chi connectivity index (χ1) is 15.6. The van der Waals surface area contributed by atoms with Gasteiger partial charge in [0.1, 0.15) is 23.9 Å². The van der Waals surface area contributed by atoms with Gasteiger partial charge in [0.05, 0.1) is 14.2 Å². The Bertz CT molecular complexity index is 1250. The number of aliphatic hydroxyl groups excluding tert-OH is 1. The largest absolute Gasteiger partial charge is 0.497 e. The standard InChI is InChI=1S/C24H21N3O5/c1-30-18-11-16(12-19(13-18)31-2)26-24(29)21-5-3-4-15-10-17(6-7-20(15)21)32-23-8-9-25-22(14-28)27-23/h3-13,28H,14H2,1-2H3,(H,26,29). The Morgan fingerprint density at radius 1 is 0.969 bits per heavy atom. The van der Waals surface area contributed by atoms with Crippen LogP contribution in [0.15, 0.2) is 66.9 Å². The number of aliphatic hydroxyl groups is 1. The summed E-state index contributed by atoms with van der Waals surface area (Å²) >= 11 is 0. The van der Waals surface area contributed by atoms with Crippen molar-refractivity contribution in [1.29, 1.82) is 0 Å². The van der Waals surface area contributed by atoms with Gasteiger partial charge in [-0.2, -0.15) is 4.98 Å². The molecule has 0 bridgehead atoms. The molecule has 1 amide bonds. The Morgan fingerprint density at radius 3 is 2.47 bits per heavy atom. The van der Waals surface area contributed by atoms with Crippen LogP contribution in [0.4, 0.5) is 5.69 Å². The molecule has 0 spiro atoms. The highest BCUT2D eigenvalue weighted by Crippen LogP contribution is 2.29. The van der Waals surface area contributed by atoms with Crippen molar-refractivity contribution in [3.05, 3.63) is 78.2 Å². The first-order valence-corrected chi connectivity index (χ1v) is 9.77. The molecule has 8 heteroatoms. The Morgan fingerprint density at radius 2 is 1.75 bits per heavy atom. The Balaban J connectivity index is 1.60. The molecule has 0 aliphatic heterocycles. The zero-order chi connectivity index (χ0) is 22.5. The van der Waals surface area contributed by atoms with Crippen LogP contribution < -0.4 is 19.5 Å². The van der Waals surface area contributed by atoms with E-state index in [4.69, 9.17) is 14.2 Å². The van der Waals surface area contributed by atoms with Crippen LogP contribution >= 0.6 is 0 Å². The second-order valence-electron chi connectivity index (χ2n) is 6.82. The zero-order valence-electron chi connectivity index (χ0n) is 17.5. The minimum absolute atomic E-state index is 0.261. The monoisotopic (exact) mass is 431 g/mol. The summed E-state index contributed by atoms with van der Waals surface area (Å²) in [6.07, 6.45) is 1.52. The van der Waals surface area contributed by atoms with E-state index in [0.717, 1.165) is 10.8 Å². The van der Waals surface area contributed by atoms with Crippen molar-refractivity contribution in [3.8, 4) is 23.1 Å². The Kier molecular flexibility index (Phi) is 6.14. The maximum atomic E-state index is 13.0. The molecule has 1 heterocycles. The fourth-order valence-electron chi connectivity index (χ4n) is 3.24. The van der Waals surface area contributed by atoms with Crippen molar-refractivity contribution in [2.45, 2.75) is 6.61 Å². The number of fused-ring (bicyclic) bond motifs is 1. The van der Waals surface area contributed by atoms with Crippen LogP contribution in [-0.4, -0.2) is 35.2 Å². The second-order valence-corrected chi connectivity index (χ2v) is 6.82. The molecule has 0 aliphatic rings. The van der Waals surface area contributed by atoms with E-state index in [0.29, 0.717) is 34.4 Å². The number of hydrogen-bond acceptors (Lipinski definition) is 7. The fourth-order valence-corrected chi connectivity index (χ4v) is 3.24. The second kappa shape index (κ2) is 9.32. The first kappa shape index (κ1) is 21.1. The minimum Gasteiger partial charge on any atom is -0.497 e. The predicted molar refractivity (Wildman–Crippen MR) is 119 cm³/mol. The molecule has 3 aromatic carbocycles. The molecule has 32 heavy (non-hydrogen) atoms. The predicted octanol–water partition coefficient (Wildman–Crippen LogP) is 4.18. The molecule has 4 rings (SSSR count). The van der Waals surface area contributed by atoms with Gasteiger partial charge in [0.15, 0.2) is 5.82 Å². The van der Waals surface area contributed by atoms with E-state index in [9.17, 15) is 9.90 Å². The molecule has 2 N–H and O–H groups in total. The fraction of sp³-hybridized carbons (Fsp3) is 0.125. The zero-order valence-corrected chi connectivity index (χ0v) is 17.5.